The number of amides is 2. The van der Waals surface area contributed by atoms with Gasteiger partial charge in [0.15, 0.2) is 0 Å². The number of nitrogens with one attached hydrogen (secondary N) is 1. The smallest absolute Gasteiger partial charge is 0.335 e. The molecule has 1 saturated heterocycles. The summed E-state index contributed by atoms with van der Waals surface area (Å²) in [6, 6.07) is 4.70. The molecule has 0 spiro atoms. The highest BCUT2D eigenvalue weighted by molar-refractivity contribution is 9.10. The van der Waals surface area contributed by atoms with E-state index in [4.69, 9.17) is 5.11 Å². The fourth-order valence-electron chi connectivity index (χ4n) is 2.63. The third-order valence-corrected chi connectivity index (χ3v) is 4.51. The summed E-state index contributed by atoms with van der Waals surface area (Å²) in [5.41, 5.74) is 0.638. The molecule has 2 amide bonds. The molecule has 0 saturated carbocycles. The lowest BCUT2D eigenvalue weighted by Gasteiger charge is -2.35. The number of anilines is 1. The maximum Gasteiger partial charge on any atom is 0.335 e. The number of likely N-dealkylation sites (tertiary alicyclic amines) is 1. The Balaban J connectivity index is 2.15. The van der Waals surface area contributed by atoms with E-state index in [1.807, 2.05) is 4.90 Å². The summed E-state index contributed by atoms with van der Waals surface area (Å²) in [5.74, 6) is -1.01. The number of benzene rings is 1. The van der Waals surface area contributed by atoms with Gasteiger partial charge in [0.25, 0.3) is 0 Å². The maximum absolute atomic E-state index is 12.4. The number of carboxylic acids is 1. The van der Waals surface area contributed by atoms with Crippen molar-refractivity contribution < 1.29 is 14.7 Å². The molecule has 0 aromatic heterocycles. The average molecular weight is 355 g/mol. The normalized spacial score (nSPS) is 18.4. The van der Waals surface area contributed by atoms with Gasteiger partial charge in [-0.05, 0) is 59.8 Å². The molecule has 2 N–H and O–H groups in total. The van der Waals surface area contributed by atoms with Crippen LogP contribution in [0.2, 0.25) is 0 Å². The van der Waals surface area contributed by atoms with Crippen LogP contribution < -0.4 is 5.32 Å². The van der Waals surface area contributed by atoms with Crippen molar-refractivity contribution in [3.63, 3.8) is 0 Å². The van der Waals surface area contributed by atoms with Crippen molar-refractivity contribution in [2.45, 2.75) is 38.6 Å². The van der Waals surface area contributed by atoms with Crippen molar-refractivity contribution in [2.24, 2.45) is 0 Å². The first kappa shape index (κ1) is 15.8. The molecular weight excluding hydrogens is 336 g/mol. The molecule has 114 valence electrons. The van der Waals surface area contributed by atoms with Crippen molar-refractivity contribution >= 4 is 33.6 Å². The van der Waals surface area contributed by atoms with Crippen molar-refractivity contribution in [1.82, 2.24) is 4.90 Å². The molecule has 1 atom stereocenters. The molecule has 1 aromatic carbocycles. The van der Waals surface area contributed by atoms with Crippen molar-refractivity contribution in [1.29, 1.82) is 0 Å². The van der Waals surface area contributed by atoms with Gasteiger partial charge in [-0.3, -0.25) is 0 Å². The summed E-state index contributed by atoms with van der Waals surface area (Å²) in [5, 5.41) is 11.8. The fourth-order valence-corrected chi connectivity index (χ4v) is 2.98. The quantitative estimate of drug-likeness (QED) is 0.863. The number of urea groups is 1. The molecular formula is C15H19BrN2O3. The highest BCUT2D eigenvalue weighted by Gasteiger charge is 2.25. The van der Waals surface area contributed by atoms with E-state index in [1.165, 1.54) is 12.1 Å². The Hall–Kier alpha value is -1.56. The molecule has 21 heavy (non-hydrogen) atoms. The number of aromatic carboxylic acids is 1. The molecule has 2 rings (SSSR count). The highest BCUT2D eigenvalue weighted by atomic mass is 79.9. The summed E-state index contributed by atoms with van der Waals surface area (Å²) in [7, 11) is 0. The molecule has 1 fully saturated rings. The lowest BCUT2D eigenvalue weighted by Crippen LogP contribution is -2.45. The fraction of sp³-hybridized carbons (Fsp3) is 0.467. The SMILES string of the molecule is CCC1CCCCN1C(=O)Nc1cc(C(=O)O)ccc1Br. The molecule has 6 heteroatoms. The van der Waals surface area contributed by atoms with Crippen LogP contribution >= 0.6 is 15.9 Å². The summed E-state index contributed by atoms with van der Waals surface area (Å²) in [6.07, 6.45) is 4.13. The zero-order chi connectivity index (χ0) is 15.4. The van der Waals surface area contributed by atoms with Gasteiger partial charge < -0.3 is 15.3 Å². The predicted octanol–water partition coefficient (Wildman–Crippen LogP) is 3.94. The van der Waals surface area contributed by atoms with Crippen molar-refractivity contribution in [2.75, 3.05) is 11.9 Å². The van der Waals surface area contributed by atoms with Gasteiger partial charge in [0.2, 0.25) is 0 Å². The Morgan fingerprint density at radius 3 is 2.86 bits per heavy atom. The van der Waals surface area contributed by atoms with Gasteiger partial charge in [-0.15, -0.1) is 0 Å². The standard InChI is InChI=1S/C15H19BrN2O3/c1-2-11-5-3-4-8-18(11)15(21)17-13-9-10(14(19)20)6-7-12(13)16/h6-7,9,11H,2-5,8H2,1H3,(H,17,21)(H,19,20). The van der Waals surface area contributed by atoms with Crippen molar-refractivity contribution in [3.8, 4) is 0 Å². The Kier molecular flexibility index (Phi) is 5.22. The molecule has 5 nitrogen and oxygen atoms in total. The lowest BCUT2D eigenvalue weighted by atomic mass is 10.0. The second-order valence-electron chi connectivity index (χ2n) is 5.18. The van der Waals surface area contributed by atoms with E-state index in [0.29, 0.717) is 10.2 Å². The summed E-state index contributed by atoms with van der Waals surface area (Å²) >= 11 is 3.34. The van der Waals surface area contributed by atoms with E-state index in [-0.39, 0.29) is 17.6 Å². The van der Waals surface area contributed by atoms with Gasteiger partial charge in [-0.2, -0.15) is 0 Å². The number of carbonyl (C=O) groups excluding carboxylic acids is 1. The number of nitrogens with zero attached hydrogens (tertiary/aromatic N) is 1. The first-order chi connectivity index (χ1) is 10.0. The zero-order valence-electron chi connectivity index (χ0n) is 11.9. The summed E-state index contributed by atoms with van der Waals surface area (Å²) < 4.78 is 0.672. The molecule has 1 aliphatic heterocycles. The Labute approximate surface area is 132 Å². The van der Waals surface area contributed by atoms with E-state index in [0.717, 1.165) is 32.2 Å². The summed E-state index contributed by atoms with van der Waals surface area (Å²) in [4.78, 5) is 25.3. The van der Waals surface area contributed by atoms with Crippen LogP contribution in [0.1, 0.15) is 43.0 Å². The molecule has 1 heterocycles. The second-order valence-corrected chi connectivity index (χ2v) is 6.04. The molecule has 0 radical (unpaired) electrons. The minimum absolute atomic E-state index is 0.152. The largest absolute Gasteiger partial charge is 0.478 e. The maximum atomic E-state index is 12.4. The van der Waals surface area contributed by atoms with Gasteiger partial charge in [0.1, 0.15) is 0 Å². The van der Waals surface area contributed by atoms with Gasteiger partial charge in [0, 0.05) is 17.1 Å². The molecule has 1 unspecified atom stereocenters. The van der Waals surface area contributed by atoms with E-state index in [1.54, 1.807) is 6.07 Å². The Morgan fingerprint density at radius 1 is 1.43 bits per heavy atom. The minimum atomic E-state index is -1.01. The van der Waals surface area contributed by atoms with Gasteiger partial charge in [0.05, 0.1) is 11.3 Å². The monoisotopic (exact) mass is 354 g/mol. The molecule has 0 bridgehead atoms. The third-order valence-electron chi connectivity index (χ3n) is 3.81. The molecule has 0 aliphatic carbocycles. The average Bonchev–Trinajstić information content (AvgIpc) is 2.49. The molecule has 1 aromatic rings. The van der Waals surface area contributed by atoms with Gasteiger partial charge in [-0.1, -0.05) is 6.92 Å². The number of halogens is 1. The van der Waals surface area contributed by atoms with E-state index >= 15 is 0 Å². The number of carbonyl (C=O) groups is 2. The zero-order valence-corrected chi connectivity index (χ0v) is 13.5. The third kappa shape index (κ3) is 3.75. The van der Waals surface area contributed by atoms with Crippen LogP contribution in [-0.2, 0) is 0 Å². The number of hydrogen-bond acceptors (Lipinski definition) is 2. The van der Waals surface area contributed by atoms with Gasteiger partial charge in [-0.25, -0.2) is 9.59 Å². The first-order valence-electron chi connectivity index (χ1n) is 7.13. The highest BCUT2D eigenvalue weighted by Crippen LogP contribution is 2.26. The Morgan fingerprint density at radius 2 is 2.19 bits per heavy atom. The van der Waals surface area contributed by atoms with Crippen LogP contribution in [0.4, 0.5) is 10.5 Å². The number of carboxylic acid groups (broad SMARTS) is 1. The minimum Gasteiger partial charge on any atom is -0.478 e. The topological polar surface area (TPSA) is 69.6 Å². The van der Waals surface area contributed by atoms with E-state index in [9.17, 15) is 9.59 Å². The van der Waals surface area contributed by atoms with Gasteiger partial charge >= 0.3 is 12.0 Å². The van der Waals surface area contributed by atoms with Crippen LogP contribution in [0.15, 0.2) is 22.7 Å². The Bertz CT molecular complexity index is 548. The lowest BCUT2D eigenvalue weighted by molar-refractivity contribution is 0.0697. The van der Waals surface area contributed by atoms with E-state index in [2.05, 4.69) is 28.2 Å². The number of rotatable bonds is 3. The van der Waals surface area contributed by atoms with Crippen molar-refractivity contribution in [3.05, 3.63) is 28.2 Å². The van der Waals surface area contributed by atoms with Crippen LogP contribution in [0.5, 0.6) is 0 Å². The summed E-state index contributed by atoms with van der Waals surface area (Å²) in [6.45, 7) is 2.83. The van der Waals surface area contributed by atoms with Crippen LogP contribution in [0, 0.1) is 0 Å². The molecule has 1 aliphatic rings. The predicted molar refractivity (Wildman–Crippen MR) is 84.8 cm³/mol. The number of hydrogen-bond donors (Lipinski definition) is 2. The van der Waals surface area contributed by atoms with Crippen LogP contribution in [0.3, 0.4) is 0 Å². The van der Waals surface area contributed by atoms with E-state index < -0.39 is 5.97 Å². The second kappa shape index (κ2) is 6.93. The number of piperidine rings is 1. The van der Waals surface area contributed by atoms with Crippen LogP contribution in [0.25, 0.3) is 0 Å². The van der Waals surface area contributed by atoms with Crippen LogP contribution in [-0.4, -0.2) is 34.6 Å². The first-order valence-corrected chi connectivity index (χ1v) is 7.92.